The van der Waals surface area contributed by atoms with Crippen molar-refractivity contribution >= 4 is 62.3 Å². The maximum Gasteiger partial charge on any atom is 0.264 e. The van der Waals surface area contributed by atoms with Crippen LogP contribution in [0.25, 0.3) is 0 Å². The summed E-state index contributed by atoms with van der Waals surface area (Å²) >= 11 is 18.9. The Morgan fingerprint density at radius 2 is 1.62 bits per heavy atom. The molecule has 0 fully saturated rings. The lowest BCUT2D eigenvalue weighted by Crippen LogP contribution is -2.52. The zero-order valence-electron chi connectivity index (χ0n) is 24.0. The molecule has 3 aromatic carbocycles. The number of hydrogen-bond acceptors (Lipinski definition) is 5. The number of anilines is 1. The molecule has 8 nitrogen and oxygen atoms in total. The van der Waals surface area contributed by atoms with Crippen molar-refractivity contribution in [2.24, 2.45) is 0 Å². The van der Waals surface area contributed by atoms with Gasteiger partial charge in [-0.15, -0.1) is 0 Å². The van der Waals surface area contributed by atoms with Crippen molar-refractivity contribution in [2.75, 3.05) is 18.0 Å². The minimum atomic E-state index is -4.25. The van der Waals surface area contributed by atoms with Crippen molar-refractivity contribution in [1.29, 1.82) is 0 Å². The Balaban J connectivity index is 2.08. The molecular weight excluding hydrogens is 621 g/mol. The highest BCUT2D eigenvalue weighted by Crippen LogP contribution is 2.32. The Kier molecular flexibility index (Phi) is 11.5. The first-order valence-corrected chi connectivity index (χ1v) is 15.8. The monoisotopic (exact) mass is 653 g/mol. The van der Waals surface area contributed by atoms with Crippen LogP contribution in [0.15, 0.2) is 65.6 Å². The number of ether oxygens (including phenoxy) is 1. The van der Waals surface area contributed by atoms with Crippen LogP contribution in [0.2, 0.25) is 15.1 Å². The summed E-state index contributed by atoms with van der Waals surface area (Å²) < 4.78 is 34.1. The van der Waals surface area contributed by atoms with E-state index in [2.05, 4.69) is 5.32 Å². The van der Waals surface area contributed by atoms with Crippen molar-refractivity contribution in [3.8, 4) is 5.75 Å². The van der Waals surface area contributed by atoms with Crippen LogP contribution in [0, 0.1) is 6.92 Å². The lowest BCUT2D eigenvalue weighted by molar-refractivity contribution is -0.139. The Labute approximate surface area is 262 Å². The molecule has 0 unspecified atom stereocenters. The molecule has 0 aliphatic carbocycles. The summed E-state index contributed by atoms with van der Waals surface area (Å²) in [6.07, 6.45) is 0.691. The molecule has 0 saturated carbocycles. The van der Waals surface area contributed by atoms with E-state index in [4.69, 9.17) is 39.5 Å². The zero-order chi connectivity index (χ0) is 31.2. The van der Waals surface area contributed by atoms with Gasteiger partial charge in [-0.3, -0.25) is 13.9 Å². The molecule has 0 heterocycles. The summed E-state index contributed by atoms with van der Waals surface area (Å²) in [6, 6.07) is 14.5. The van der Waals surface area contributed by atoms with E-state index in [9.17, 15) is 18.0 Å². The molecule has 0 saturated heterocycles. The van der Waals surface area contributed by atoms with Crippen LogP contribution >= 0.6 is 34.8 Å². The van der Waals surface area contributed by atoms with E-state index in [1.54, 1.807) is 37.3 Å². The Morgan fingerprint density at radius 1 is 0.952 bits per heavy atom. The van der Waals surface area contributed by atoms with Gasteiger partial charge in [-0.2, -0.15) is 0 Å². The van der Waals surface area contributed by atoms with Crippen molar-refractivity contribution < 1.29 is 22.7 Å². The fourth-order valence-electron chi connectivity index (χ4n) is 4.06. The fourth-order valence-corrected chi connectivity index (χ4v) is 6.18. The number of hydrogen-bond donors (Lipinski definition) is 1. The van der Waals surface area contributed by atoms with Gasteiger partial charge in [0.1, 0.15) is 18.3 Å². The lowest BCUT2D eigenvalue weighted by atomic mass is 10.1. The van der Waals surface area contributed by atoms with Crippen LogP contribution in [0.4, 0.5) is 5.69 Å². The highest BCUT2D eigenvalue weighted by atomic mass is 35.5. The lowest BCUT2D eigenvalue weighted by Gasteiger charge is -2.32. The van der Waals surface area contributed by atoms with Gasteiger partial charge in [-0.1, -0.05) is 65.5 Å². The van der Waals surface area contributed by atoms with E-state index in [1.807, 2.05) is 20.8 Å². The van der Waals surface area contributed by atoms with E-state index in [0.29, 0.717) is 27.8 Å². The van der Waals surface area contributed by atoms with Crippen LogP contribution in [0.1, 0.15) is 38.3 Å². The third-order valence-corrected chi connectivity index (χ3v) is 9.51. The minimum Gasteiger partial charge on any atom is -0.495 e. The van der Waals surface area contributed by atoms with Gasteiger partial charge in [0.15, 0.2) is 0 Å². The van der Waals surface area contributed by atoms with Gasteiger partial charge in [0.05, 0.1) is 22.7 Å². The first-order chi connectivity index (χ1) is 19.8. The number of halogens is 3. The predicted molar refractivity (Wildman–Crippen MR) is 168 cm³/mol. The zero-order valence-corrected chi connectivity index (χ0v) is 27.1. The predicted octanol–water partition coefficient (Wildman–Crippen LogP) is 6.49. The van der Waals surface area contributed by atoms with Gasteiger partial charge in [-0.05, 0) is 75.2 Å². The first-order valence-electron chi connectivity index (χ1n) is 13.2. The normalized spacial score (nSPS) is 12.8. The van der Waals surface area contributed by atoms with Crippen molar-refractivity contribution in [2.45, 2.75) is 57.6 Å². The number of benzene rings is 3. The quantitative estimate of drug-likeness (QED) is 0.241. The molecule has 0 radical (unpaired) electrons. The second kappa shape index (κ2) is 14.5. The summed E-state index contributed by atoms with van der Waals surface area (Å²) in [4.78, 5) is 28.5. The summed E-state index contributed by atoms with van der Waals surface area (Å²) in [6.45, 7) is 6.53. The van der Waals surface area contributed by atoms with E-state index >= 15 is 0 Å². The summed E-state index contributed by atoms with van der Waals surface area (Å²) in [5, 5.41) is 3.77. The second-order valence-corrected chi connectivity index (χ2v) is 13.0. The third-order valence-electron chi connectivity index (χ3n) is 6.84. The SMILES string of the molecule is CC[C@H](C)NC(=O)[C@H](C)N(Cc1ccc(Cl)cc1Cl)C(=O)CN(c1ccc(OC)c(Cl)c1)S(=O)(=O)c1ccc(C)cc1. The highest BCUT2D eigenvalue weighted by Gasteiger charge is 2.33. The molecule has 0 aliphatic rings. The largest absolute Gasteiger partial charge is 0.495 e. The standard InChI is InChI=1S/C30H34Cl3N3O5S/c1-6-20(3)34-30(38)21(4)35(17-22-9-10-23(31)15-26(22)32)29(37)18-36(24-11-14-28(41-5)27(33)16-24)42(39,40)25-12-7-19(2)8-13-25/h7-16,20-21H,6,17-18H2,1-5H3,(H,34,38)/t20-,21-/m0/s1. The molecule has 0 aliphatic heterocycles. The van der Waals surface area contributed by atoms with Crippen LogP contribution in [0.3, 0.4) is 0 Å². The van der Waals surface area contributed by atoms with Crippen molar-refractivity contribution in [3.63, 3.8) is 0 Å². The molecule has 2 amide bonds. The van der Waals surface area contributed by atoms with Gasteiger partial charge in [0, 0.05) is 22.6 Å². The van der Waals surface area contributed by atoms with Gasteiger partial charge in [-0.25, -0.2) is 8.42 Å². The fraction of sp³-hybridized carbons (Fsp3) is 0.333. The number of nitrogens with zero attached hydrogens (tertiary/aromatic N) is 2. The average molecular weight is 655 g/mol. The number of methoxy groups -OCH3 is 1. The van der Waals surface area contributed by atoms with Crippen LogP contribution in [-0.4, -0.2) is 50.9 Å². The first kappa shape index (κ1) is 33.5. The highest BCUT2D eigenvalue weighted by molar-refractivity contribution is 7.92. The number of carbonyl (C=O) groups is 2. The molecule has 0 bridgehead atoms. The average Bonchev–Trinajstić information content (AvgIpc) is 2.95. The molecule has 0 aromatic heterocycles. The van der Waals surface area contributed by atoms with Crippen LogP contribution in [0.5, 0.6) is 5.75 Å². The smallest absolute Gasteiger partial charge is 0.264 e. The number of rotatable bonds is 12. The van der Waals surface area contributed by atoms with Crippen LogP contribution < -0.4 is 14.4 Å². The summed E-state index contributed by atoms with van der Waals surface area (Å²) in [5.41, 5.74) is 1.56. The Morgan fingerprint density at radius 3 is 2.19 bits per heavy atom. The topological polar surface area (TPSA) is 96.0 Å². The number of sulfonamides is 1. The molecule has 0 spiro atoms. The molecule has 2 atom stereocenters. The summed E-state index contributed by atoms with van der Waals surface area (Å²) in [7, 11) is -2.81. The van der Waals surface area contributed by atoms with Crippen molar-refractivity contribution in [1.82, 2.24) is 10.2 Å². The summed E-state index contributed by atoms with van der Waals surface area (Å²) in [5.74, 6) is -0.674. The molecule has 42 heavy (non-hydrogen) atoms. The van der Waals surface area contributed by atoms with Crippen molar-refractivity contribution in [3.05, 3.63) is 86.9 Å². The van der Waals surface area contributed by atoms with Gasteiger partial charge in [0.2, 0.25) is 11.8 Å². The van der Waals surface area contributed by atoms with E-state index in [0.717, 1.165) is 9.87 Å². The number of aryl methyl sites for hydroxylation is 1. The number of nitrogens with one attached hydrogen (secondary N) is 1. The van der Waals surface area contributed by atoms with Crippen LogP contribution in [-0.2, 0) is 26.2 Å². The molecule has 1 N–H and O–H groups in total. The number of carbonyl (C=O) groups excluding carboxylic acids is 2. The minimum absolute atomic E-state index is 0.0114. The molecule has 12 heteroatoms. The van der Waals surface area contributed by atoms with E-state index in [1.165, 1.54) is 42.3 Å². The van der Waals surface area contributed by atoms with E-state index < -0.39 is 28.5 Å². The Bertz CT molecular complexity index is 1530. The molecule has 3 aromatic rings. The molecular formula is C30H34Cl3N3O5S. The number of amides is 2. The molecule has 226 valence electrons. The second-order valence-electron chi connectivity index (χ2n) is 9.89. The molecule has 3 rings (SSSR count). The maximum absolute atomic E-state index is 14.1. The third kappa shape index (κ3) is 8.10. The van der Waals surface area contributed by atoms with Gasteiger partial charge >= 0.3 is 0 Å². The van der Waals surface area contributed by atoms with E-state index in [-0.39, 0.29) is 34.1 Å². The maximum atomic E-state index is 14.1. The van der Waals surface area contributed by atoms with Gasteiger partial charge < -0.3 is 15.0 Å². The Hall–Kier alpha value is -2.98. The van der Waals surface area contributed by atoms with Gasteiger partial charge in [0.25, 0.3) is 10.0 Å².